The predicted molar refractivity (Wildman–Crippen MR) is 75.4 cm³/mol. The maximum absolute atomic E-state index is 13.7. The summed E-state index contributed by atoms with van der Waals surface area (Å²) in [6.45, 7) is 4.02. The van der Waals surface area contributed by atoms with Crippen molar-refractivity contribution in [2.75, 3.05) is 0 Å². The molecule has 1 aromatic heterocycles. The SMILES string of the molecule is CCc1ccc(CC(N)c2cc(C)ccc2F)nc1. The van der Waals surface area contributed by atoms with Gasteiger partial charge in [-0.2, -0.15) is 0 Å². The minimum atomic E-state index is -0.361. The van der Waals surface area contributed by atoms with Crippen molar-refractivity contribution in [2.24, 2.45) is 5.73 Å². The lowest BCUT2D eigenvalue weighted by Gasteiger charge is -2.13. The molecular weight excluding hydrogens is 239 g/mol. The van der Waals surface area contributed by atoms with E-state index in [1.54, 1.807) is 12.1 Å². The predicted octanol–water partition coefficient (Wildman–Crippen LogP) is 3.33. The molecule has 0 aliphatic rings. The summed E-state index contributed by atoms with van der Waals surface area (Å²) in [4.78, 5) is 4.36. The van der Waals surface area contributed by atoms with Gasteiger partial charge in [-0.05, 0) is 31.0 Å². The number of halogens is 1. The molecule has 0 fully saturated rings. The Bertz CT molecular complexity index is 549. The molecule has 3 heteroatoms. The van der Waals surface area contributed by atoms with Gasteiger partial charge in [0.25, 0.3) is 0 Å². The smallest absolute Gasteiger partial charge is 0.128 e. The zero-order chi connectivity index (χ0) is 13.8. The van der Waals surface area contributed by atoms with Crippen molar-refractivity contribution in [1.29, 1.82) is 0 Å². The molecule has 0 spiro atoms. The van der Waals surface area contributed by atoms with Gasteiger partial charge in [-0.3, -0.25) is 4.98 Å². The summed E-state index contributed by atoms with van der Waals surface area (Å²) < 4.78 is 13.7. The molecule has 1 unspecified atom stereocenters. The number of aromatic nitrogens is 1. The Morgan fingerprint density at radius 2 is 2.05 bits per heavy atom. The van der Waals surface area contributed by atoms with Gasteiger partial charge in [0, 0.05) is 29.9 Å². The molecule has 0 saturated heterocycles. The maximum atomic E-state index is 13.7. The number of hydrogen-bond donors (Lipinski definition) is 1. The zero-order valence-electron chi connectivity index (χ0n) is 11.4. The van der Waals surface area contributed by atoms with E-state index in [0.29, 0.717) is 12.0 Å². The van der Waals surface area contributed by atoms with Gasteiger partial charge in [-0.25, -0.2) is 4.39 Å². The standard InChI is InChI=1S/C16H19FN2/c1-3-12-5-6-13(19-10-12)9-16(18)14-8-11(2)4-7-15(14)17/h4-8,10,16H,3,9,18H2,1-2H3. The van der Waals surface area contributed by atoms with E-state index >= 15 is 0 Å². The summed E-state index contributed by atoms with van der Waals surface area (Å²) in [5.74, 6) is -0.247. The van der Waals surface area contributed by atoms with Gasteiger partial charge in [-0.1, -0.05) is 30.7 Å². The third-order valence-electron chi connectivity index (χ3n) is 3.27. The molecule has 0 aliphatic heterocycles. The minimum Gasteiger partial charge on any atom is -0.324 e. The highest BCUT2D eigenvalue weighted by Crippen LogP contribution is 2.20. The van der Waals surface area contributed by atoms with Crippen LogP contribution in [-0.2, 0) is 12.8 Å². The molecule has 0 saturated carbocycles. The van der Waals surface area contributed by atoms with Crippen LogP contribution in [-0.4, -0.2) is 4.98 Å². The second-order valence-corrected chi connectivity index (χ2v) is 4.85. The fourth-order valence-electron chi connectivity index (χ4n) is 2.07. The number of aryl methyl sites for hydroxylation is 2. The maximum Gasteiger partial charge on any atom is 0.128 e. The number of benzene rings is 1. The molecule has 100 valence electrons. The molecule has 2 aromatic rings. The number of rotatable bonds is 4. The van der Waals surface area contributed by atoms with Gasteiger partial charge < -0.3 is 5.73 Å². The first kappa shape index (κ1) is 13.7. The van der Waals surface area contributed by atoms with Crippen LogP contribution in [0, 0.1) is 12.7 Å². The van der Waals surface area contributed by atoms with E-state index in [1.807, 2.05) is 25.3 Å². The van der Waals surface area contributed by atoms with Crippen molar-refractivity contribution in [2.45, 2.75) is 32.7 Å². The van der Waals surface area contributed by atoms with Crippen LogP contribution in [0.15, 0.2) is 36.5 Å². The van der Waals surface area contributed by atoms with Crippen LogP contribution < -0.4 is 5.73 Å². The molecule has 2 N–H and O–H groups in total. The van der Waals surface area contributed by atoms with Crippen LogP contribution in [0.25, 0.3) is 0 Å². The molecule has 0 amide bonds. The lowest BCUT2D eigenvalue weighted by atomic mass is 10.00. The van der Waals surface area contributed by atoms with Gasteiger partial charge in [0.2, 0.25) is 0 Å². The van der Waals surface area contributed by atoms with E-state index in [4.69, 9.17) is 5.73 Å². The van der Waals surface area contributed by atoms with Gasteiger partial charge >= 0.3 is 0 Å². The van der Waals surface area contributed by atoms with E-state index < -0.39 is 0 Å². The highest BCUT2D eigenvalue weighted by molar-refractivity contribution is 5.28. The first-order valence-electron chi connectivity index (χ1n) is 6.55. The zero-order valence-corrected chi connectivity index (χ0v) is 11.4. The normalized spacial score (nSPS) is 12.4. The van der Waals surface area contributed by atoms with Crippen LogP contribution in [0.2, 0.25) is 0 Å². The van der Waals surface area contributed by atoms with E-state index in [-0.39, 0.29) is 11.9 Å². The van der Waals surface area contributed by atoms with Crippen LogP contribution in [0.3, 0.4) is 0 Å². The Hall–Kier alpha value is -1.74. The lowest BCUT2D eigenvalue weighted by molar-refractivity contribution is 0.577. The Morgan fingerprint density at radius 3 is 2.68 bits per heavy atom. The molecule has 0 radical (unpaired) electrons. The van der Waals surface area contributed by atoms with Crippen LogP contribution in [0.5, 0.6) is 0 Å². The number of pyridine rings is 1. The van der Waals surface area contributed by atoms with Crippen LogP contribution in [0.1, 0.15) is 35.3 Å². The summed E-state index contributed by atoms with van der Waals surface area (Å²) >= 11 is 0. The Labute approximate surface area is 113 Å². The molecule has 0 bridgehead atoms. The van der Waals surface area contributed by atoms with Crippen molar-refractivity contribution in [1.82, 2.24) is 4.98 Å². The second kappa shape index (κ2) is 5.93. The molecule has 19 heavy (non-hydrogen) atoms. The Morgan fingerprint density at radius 1 is 1.26 bits per heavy atom. The monoisotopic (exact) mass is 258 g/mol. The lowest BCUT2D eigenvalue weighted by Crippen LogP contribution is -2.16. The van der Waals surface area contributed by atoms with E-state index in [9.17, 15) is 4.39 Å². The van der Waals surface area contributed by atoms with Crippen molar-refractivity contribution >= 4 is 0 Å². The Kier molecular flexibility index (Phi) is 4.27. The third kappa shape index (κ3) is 3.38. The first-order valence-corrected chi connectivity index (χ1v) is 6.55. The number of nitrogens with zero attached hydrogens (tertiary/aromatic N) is 1. The summed E-state index contributed by atoms with van der Waals surface area (Å²) in [6, 6.07) is 8.67. The van der Waals surface area contributed by atoms with Crippen LogP contribution >= 0.6 is 0 Å². The van der Waals surface area contributed by atoms with Gasteiger partial charge in [0.05, 0.1) is 0 Å². The van der Waals surface area contributed by atoms with Crippen molar-refractivity contribution < 1.29 is 4.39 Å². The van der Waals surface area contributed by atoms with E-state index in [0.717, 1.165) is 17.7 Å². The molecule has 2 rings (SSSR count). The van der Waals surface area contributed by atoms with Gasteiger partial charge in [0.1, 0.15) is 5.82 Å². The third-order valence-corrected chi connectivity index (χ3v) is 3.27. The first-order chi connectivity index (χ1) is 9.10. The summed E-state index contributed by atoms with van der Waals surface area (Å²) in [5, 5.41) is 0. The molecule has 1 heterocycles. The quantitative estimate of drug-likeness (QED) is 0.913. The van der Waals surface area contributed by atoms with E-state index in [1.165, 1.54) is 11.6 Å². The molecule has 1 aromatic carbocycles. The molecule has 0 aliphatic carbocycles. The fourth-order valence-corrected chi connectivity index (χ4v) is 2.07. The second-order valence-electron chi connectivity index (χ2n) is 4.85. The van der Waals surface area contributed by atoms with E-state index in [2.05, 4.69) is 11.9 Å². The average Bonchev–Trinajstić information content (AvgIpc) is 2.42. The average molecular weight is 258 g/mol. The fraction of sp³-hybridized carbons (Fsp3) is 0.312. The number of hydrogen-bond acceptors (Lipinski definition) is 2. The highest BCUT2D eigenvalue weighted by atomic mass is 19.1. The topological polar surface area (TPSA) is 38.9 Å². The highest BCUT2D eigenvalue weighted by Gasteiger charge is 2.13. The number of nitrogens with two attached hydrogens (primary N) is 1. The largest absolute Gasteiger partial charge is 0.324 e. The van der Waals surface area contributed by atoms with Gasteiger partial charge in [0.15, 0.2) is 0 Å². The van der Waals surface area contributed by atoms with Crippen molar-refractivity contribution in [3.63, 3.8) is 0 Å². The molecule has 1 atom stereocenters. The summed E-state index contributed by atoms with van der Waals surface area (Å²) in [7, 11) is 0. The molecule has 2 nitrogen and oxygen atoms in total. The molecular formula is C16H19FN2. The van der Waals surface area contributed by atoms with Crippen molar-refractivity contribution in [3.05, 3.63) is 64.7 Å². The van der Waals surface area contributed by atoms with Crippen LogP contribution in [0.4, 0.5) is 4.39 Å². The minimum absolute atomic E-state index is 0.247. The Balaban J connectivity index is 2.15. The van der Waals surface area contributed by atoms with Crippen molar-refractivity contribution in [3.8, 4) is 0 Å². The van der Waals surface area contributed by atoms with Gasteiger partial charge in [-0.15, -0.1) is 0 Å². The summed E-state index contributed by atoms with van der Waals surface area (Å²) in [6.07, 6.45) is 3.37. The summed E-state index contributed by atoms with van der Waals surface area (Å²) in [5.41, 5.74) is 9.75.